The zero-order chi connectivity index (χ0) is 17.3. The van der Waals surface area contributed by atoms with Gasteiger partial charge in [0.15, 0.2) is 0 Å². The van der Waals surface area contributed by atoms with Crippen molar-refractivity contribution in [1.29, 1.82) is 0 Å². The number of thiophene rings is 2. The topological polar surface area (TPSA) is 32.3 Å². The molecule has 1 aliphatic carbocycles. The third kappa shape index (κ3) is 3.15. The lowest BCUT2D eigenvalue weighted by atomic mass is 9.97. The van der Waals surface area contributed by atoms with Crippen LogP contribution in [0.25, 0.3) is 10.2 Å². The molecule has 1 aliphatic heterocycles. The number of aryl methyl sites for hydroxylation is 2. The largest absolute Gasteiger partial charge is 0.353 e. The summed E-state index contributed by atoms with van der Waals surface area (Å²) in [4.78, 5) is 18.7. The molecule has 6 heteroatoms. The van der Waals surface area contributed by atoms with Crippen LogP contribution < -0.4 is 4.90 Å². The number of fused-ring (bicyclic) bond motifs is 3. The first-order valence-electron chi connectivity index (χ1n) is 9.63. The van der Waals surface area contributed by atoms with Crippen molar-refractivity contribution in [3.8, 4) is 0 Å². The molecule has 0 bridgehead atoms. The van der Waals surface area contributed by atoms with E-state index >= 15 is 0 Å². The maximum Gasteiger partial charge on any atom is 0.141 e. The van der Waals surface area contributed by atoms with Crippen molar-refractivity contribution in [1.82, 2.24) is 14.9 Å². The summed E-state index contributed by atoms with van der Waals surface area (Å²) in [5.74, 6) is 1.19. The number of anilines is 1. The molecule has 0 amide bonds. The number of hydrogen-bond acceptors (Lipinski definition) is 6. The highest BCUT2D eigenvalue weighted by atomic mass is 32.1. The van der Waals surface area contributed by atoms with Crippen molar-refractivity contribution < 1.29 is 0 Å². The molecule has 0 aromatic carbocycles. The van der Waals surface area contributed by atoms with E-state index in [0.29, 0.717) is 0 Å². The quantitative estimate of drug-likeness (QED) is 0.681. The molecule has 0 spiro atoms. The molecule has 136 valence electrons. The van der Waals surface area contributed by atoms with Crippen LogP contribution in [0.4, 0.5) is 5.82 Å². The molecule has 0 N–H and O–H groups in total. The summed E-state index contributed by atoms with van der Waals surface area (Å²) >= 11 is 3.77. The van der Waals surface area contributed by atoms with Gasteiger partial charge in [-0.15, -0.1) is 22.7 Å². The predicted molar refractivity (Wildman–Crippen MR) is 111 cm³/mol. The number of aromatic nitrogens is 2. The fraction of sp³-hybridized carbons (Fsp3) is 0.500. The Balaban J connectivity index is 1.31. The second-order valence-electron chi connectivity index (χ2n) is 7.25. The van der Waals surface area contributed by atoms with Gasteiger partial charge in [0.2, 0.25) is 0 Å². The number of hydrogen-bond donors (Lipinski definition) is 0. The molecule has 1 fully saturated rings. The zero-order valence-corrected chi connectivity index (χ0v) is 16.6. The normalized spacial score (nSPS) is 18.4. The molecule has 5 rings (SSSR count). The van der Waals surface area contributed by atoms with E-state index in [1.54, 1.807) is 16.8 Å². The number of rotatable bonds is 4. The van der Waals surface area contributed by atoms with Gasteiger partial charge in [0.1, 0.15) is 17.0 Å². The van der Waals surface area contributed by atoms with Crippen LogP contribution in [0.2, 0.25) is 0 Å². The Morgan fingerprint density at radius 1 is 1.04 bits per heavy atom. The van der Waals surface area contributed by atoms with E-state index < -0.39 is 0 Å². The van der Waals surface area contributed by atoms with Crippen LogP contribution in [0, 0.1) is 0 Å². The molecule has 0 unspecified atom stereocenters. The van der Waals surface area contributed by atoms with Gasteiger partial charge in [-0.25, -0.2) is 9.97 Å². The van der Waals surface area contributed by atoms with Crippen LogP contribution in [0.5, 0.6) is 0 Å². The second kappa shape index (κ2) is 7.25. The highest BCUT2D eigenvalue weighted by molar-refractivity contribution is 7.19. The number of nitrogens with zero attached hydrogens (tertiary/aromatic N) is 4. The highest BCUT2D eigenvalue weighted by Gasteiger charge is 2.24. The van der Waals surface area contributed by atoms with E-state index in [9.17, 15) is 0 Å². The minimum absolute atomic E-state index is 1.07. The molecule has 2 aliphatic rings. The van der Waals surface area contributed by atoms with Crippen molar-refractivity contribution >= 4 is 38.7 Å². The van der Waals surface area contributed by atoms with Gasteiger partial charge >= 0.3 is 0 Å². The van der Waals surface area contributed by atoms with Gasteiger partial charge < -0.3 is 4.90 Å². The highest BCUT2D eigenvalue weighted by Crippen LogP contribution is 2.39. The van der Waals surface area contributed by atoms with E-state index in [0.717, 1.165) is 26.2 Å². The summed E-state index contributed by atoms with van der Waals surface area (Å²) in [6.07, 6.45) is 8.01. The summed E-state index contributed by atoms with van der Waals surface area (Å²) in [5, 5.41) is 3.54. The molecule has 0 saturated carbocycles. The predicted octanol–water partition coefficient (Wildman–Crippen LogP) is 4.00. The first-order valence-corrected chi connectivity index (χ1v) is 11.3. The van der Waals surface area contributed by atoms with Gasteiger partial charge in [-0.1, -0.05) is 6.07 Å². The molecule has 4 nitrogen and oxygen atoms in total. The lowest BCUT2D eigenvalue weighted by molar-refractivity contribution is 0.261. The monoisotopic (exact) mass is 384 g/mol. The van der Waals surface area contributed by atoms with Gasteiger partial charge in [-0.2, -0.15) is 0 Å². The summed E-state index contributed by atoms with van der Waals surface area (Å²) < 4.78 is 0. The van der Waals surface area contributed by atoms with Gasteiger partial charge in [0.05, 0.1) is 5.39 Å². The third-order valence-corrected chi connectivity index (χ3v) is 7.79. The first kappa shape index (κ1) is 16.7. The van der Waals surface area contributed by atoms with Crippen LogP contribution in [0.3, 0.4) is 0 Å². The van der Waals surface area contributed by atoms with Crippen LogP contribution in [-0.2, 0) is 19.3 Å². The van der Waals surface area contributed by atoms with Crippen LogP contribution in [-0.4, -0.2) is 47.6 Å². The van der Waals surface area contributed by atoms with Crippen LogP contribution in [0.15, 0.2) is 23.8 Å². The molecule has 0 radical (unpaired) electrons. The molecule has 3 aromatic rings. The maximum atomic E-state index is 4.73. The van der Waals surface area contributed by atoms with Crippen molar-refractivity contribution in [2.24, 2.45) is 0 Å². The third-order valence-electron chi connectivity index (χ3n) is 5.66. The smallest absolute Gasteiger partial charge is 0.141 e. The first-order chi connectivity index (χ1) is 12.9. The molecule has 1 saturated heterocycles. The van der Waals surface area contributed by atoms with E-state index in [1.807, 2.05) is 22.7 Å². The van der Waals surface area contributed by atoms with Crippen molar-refractivity contribution in [2.75, 3.05) is 37.6 Å². The summed E-state index contributed by atoms with van der Waals surface area (Å²) in [5.41, 5.74) is 1.55. The minimum atomic E-state index is 1.07. The van der Waals surface area contributed by atoms with Gasteiger partial charge in [0, 0.05) is 42.5 Å². The fourth-order valence-corrected chi connectivity index (χ4v) is 6.14. The fourth-order valence-electron chi connectivity index (χ4n) is 4.22. The van der Waals surface area contributed by atoms with E-state index in [4.69, 9.17) is 4.98 Å². The van der Waals surface area contributed by atoms with E-state index in [1.165, 1.54) is 59.6 Å². The average Bonchev–Trinajstić information content (AvgIpc) is 3.34. The minimum Gasteiger partial charge on any atom is -0.353 e. The van der Waals surface area contributed by atoms with Crippen LogP contribution >= 0.6 is 22.7 Å². The van der Waals surface area contributed by atoms with Gasteiger partial charge in [-0.05, 0) is 49.1 Å². The summed E-state index contributed by atoms with van der Waals surface area (Å²) in [7, 11) is 0. The second-order valence-corrected chi connectivity index (χ2v) is 9.36. The molecule has 26 heavy (non-hydrogen) atoms. The summed E-state index contributed by atoms with van der Waals surface area (Å²) in [6, 6.07) is 4.40. The lowest BCUT2D eigenvalue weighted by Gasteiger charge is -2.35. The standard InChI is InChI=1S/C20H24N4S2/c1-2-6-17-16(5-1)18-19(21-14-22-20(18)26-17)24-11-9-23(10-12-24)8-7-15-4-3-13-25-15/h3-4,13-14H,1-2,5-12H2. The van der Waals surface area contributed by atoms with E-state index in [2.05, 4.69) is 32.3 Å². The van der Waals surface area contributed by atoms with Crippen LogP contribution in [0.1, 0.15) is 28.2 Å². The summed E-state index contributed by atoms with van der Waals surface area (Å²) in [6.45, 7) is 5.57. The number of piperazine rings is 1. The van der Waals surface area contributed by atoms with Gasteiger partial charge in [-0.3, -0.25) is 4.90 Å². The van der Waals surface area contributed by atoms with E-state index in [-0.39, 0.29) is 0 Å². The van der Waals surface area contributed by atoms with Gasteiger partial charge in [0.25, 0.3) is 0 Å². The Labute approximate surface area is 162 Å². The Bertz CT molecular complexity index is 879. The molecular formula is C20H24N4S2. The SMILES string of the molecule is c1csc(CCN2CCN(c3ncnc4sc5c(c34)CCCC5)CC2)c1. The molecule has 3 aromatic heterocycles. The Kier molecular flexibility index (Phi) is 4.65. The lowest BCUT2D eigenvalue weighted by Crippen LogP contribution is -2.47. The van der Waals surface area contributed by atoms with Crippen molar-refractivity contribution in [2.45, 2.75) is 32.1 Å². The zero-order valence-electron chi connectivity index (χ0n) is 15.0. The Morgan fingerprint density at radius 3 is 2.77 bits per heavy atom. The molecular weight excluding hydrogens is 360 g/mol. The molecule has 0 atom stereocenters. The maximum absolute atomic E-state index is 4.73. The Hall–Kier alpha value is -1.50. The molecule has 4 heterocycles. The average molecular weight is 385 g/mol. The van der Waals surface area contributed by atoms with Crippen molar-refractivity contribution in [3.05, 3.63) is 39.2 Å². The Morgan fingerprint density at radius 2 is 1.92 bits per heavy atom. The van der Waals surface area contributed by atoms with Crippen molar-refractivity contribution in [3.63, 3.8) is 0 Å².